The molecule has 0 aliphatic carbocycles. The zero-order valence-corrected chi connectivity index (χ0v) is 18.4. The van der Waals surface area contributed by atoms with Gasteiger partial charge in [-0.25, -0.2) is 4.39 Å². The molecule has 0 unspecified atom stereocenters. The number of nitriles is 1. The van der Waals surface area contributed by atoms with Crippen LogP contribution in [0.1, 0.15) is 12.5 Å². The van der Waals surface area contributed by atoms with Gasteiger partial charge in [0.2, 0.25) is 0 Å². The molecule has 2 N–H and O–H groups in total. The minimum atomic E-state index is -0.545. The van der Waals surface area contributed by atoms with Crippen LogP contribution in [-0.4, -0.2) is 25.0 Å². The summed E-state index contributed by atoms with van der Waals surface area (Å²) in [5.41, 5.74) is 1.13. The van der Waals surface area contributed by atoms with Gasteiger partial charge >= 0.3 is 0 Å². The second kappa shape index (κ2) is 11.8. The minimum Gasteiger partial charge on any atom is -0.494 e. The summed E-state index contributed by atoms with van der Waals surface area (Å²) >= 11 is 0. The highest BCUT2D eigenvalue weighted by molar-refractivity contribution is 6.09. The van der Waals surface area contributed by atoms with E-state index in [2.05, 4.69) is 10.6 Å². The molecule has 0 saturated carbocycles. The molecule has 3 aromatic rings. The first-order chi connectivity index (χ1) is 16.5. The third-order valence-electron chi connectivity index (χ3n) is 4.50. The van der Waals surface area contributed by atoms with Gasteiger partial charge in [0.15, 0.2) is 6.61 Å². The van der Waals surface area contributed by atoms with E-state index in [1.54, 1.807) is 54.6 Å². The molecule has 8 heteroatoms. The lowest BCUT2D eigenvalue weighted by molar-refractivity contribution is -0.118. The van der Waals surface area contributed by atoms with Gasteiger partial charge in [-0.15, -0.1) is 0 Å². The molecule has 0 saturated heterocycles. The second-order valence-corrected chi connectivity index (χ2v) is 6.97. The number of carbonyl (C=O) groups excluding carboxylic acids is 2. The number of carbonyl (C=O) groups is 2. The van der Waals surface area contributed by atoms with Crippen LogP contribution in [0.25, 0.3) is 6.08 Å². The van der Waals surface area contributed by atoms with Gasteiger partial charge in [0.1, 0.15) is 29.0 Å². The summed E-state index contributed by atoms with van der Waals surface area (Å²) in [6.45, 7) is 2.11. The van der Waals surface area contributed by atoms with Gasteiger partial charge in [-0.3, -0.25) is 9.59 Å². The number of nitrogens with zero attached hydrogens (tertiary/aromatic N) is 1. The highest BCUT2D eigenvalue weighted by Gasteiger charge is 2.10. The number of halogens is 1. The predicted molar refractivity (Wildman–Crippen MR) is 127 cm³/mol. The Labute approximate surface area is 196 Å². The first-order valence-corrected chi connectivity index (χ1v) is 10.4. The fourth-order valence-corrected chi connectivity index (χ4v) is 2.87. The standard InChI is InChI=1S/C26H22FN3O4/c1-2-33-21-13-9-20(10-14-21)29-26(32)19(16-28)15-18-7-11-22(12-8-18)34-17-25(31)30-24-6-4-3-5-23(24)27/h3-15H,2,17H2,1H3,(H,29,32)(H,30,31)/b19-15+. The van der Waals surface area contributed by atoms with Crippen LogP contribution in [-0.2, 0) is 9.59 Å². The molecular weight excluding hydrogens is 437 g/mol. The van der Waals surface area contributed by atoms with Crippen molar-refractivity contribution in [3.8, 4) is 17.6 Å². The van der Waals surface area contributed by atoms with Crippen LogP contribution in [0.4, 0.5) is 15.8 Å². The van der Waals surface area contributed by atoms with Crippen molar-refractivity contribution in [2.24, 2.45) is 0 Å². The van der Waals surface area contributed by atoms with Crippen LogP contribution >= 0.6 is 0 Å². The van der Waals surface area contributed by atoms with Crippen molar-refractivity contribution in [3.05, 3.63) is 89.8 Å². The molecule has 0 aliphatic heterocycles. The Kier molecular flexibility index (Phi) is 8.36. The molecule has 0 heterocycles. The van der Waals surface area contributed by atoms with E-state index in [1.165, 1.54) is 24.3 Å². The summed E-state index contributed by atoms with van der Waals surface area (Å²) in [5.74, 6) is -0.503. The van der Waals surface area contributed by atoms with E-state index in [9.17, 15) is 19.2 Å². The maximum absolute atomic E-state index is 13.6. The van der Waals surface area contributed by atoms with Gasteiger partial charge in [0.05, 0.1) is 12.3 Å². The third-order valence-corrected chi connectivity index (χ3v) is 4.50. The second-order valence-electron chi connectivity index (χ2n) is 6.97. The molecule has 172 valence electrons. The molecular formula is C26H22FN3O4. The molecule has 0 aliphatic rings. The van der Waals surface area contributed by atoms with Gasteiger partial charge in [0.25, 0.3) is 11.8 Å². The fourth-order valence-electron chi connectivity index (χ4n) is 2.87. The number of ether oxygens (including phenoxy) is 2. The van der Waals surface area contributed by atoms with E-state index in [1.807, 2.05) is 13.0 Å². The summed E-state index contributed by atoms with van der Waals surface area (Å²) in [6, 6.07) is 21.0. The average molecular weight is 459 g/mol. The molecule has 0 bridgehead atoms. The number of hydrogen-bond donors (Lipinski definition) is 2. The summed E-state index contributed by atoms with van der Waals surface area (Å²) in [4.78, 5) is 24.4. The van der Waals surface area contributed by atoms with Crippen LogP contribution in [0.5, 0.6) is 11.5 Å². The number of rotatable bonds is 9. The maximum Gasteiger partial charge on any atom is 0.266 e. The minimum absolute atomic E-state index is 0.0733. The molecule has 2 amide bonds. The Morgan fingerprint density at radius 1 is 0.941 bits per heavy atom. The Bertz CT molecular complexity index is 1220. The van der Waals surface area contributed by atoms with Gasteiger partial charge in [-0.05, 0) is 67.1 Å². The largest absolute Gasteiger partial charge is 0.494 e. The average Bonchev–Trinajstić information content (AvgIpc) is 2.84. The smallest absolute Gasteiger partial charge is 0.266 e. The van der Waals surface area contributed by atoms with Crippen LogP contribution in [0.2, 0.25) is 0 Å². The molecule has 3 aromatic carbocycles. The van der Waals surface area contributed by atoms with E-state index >= 15 is 0 Å². The van der Waals surface area contributed by atoms with Crippen molar-refractivity contribution >= 4 is 29.3 Å². The number of hydrogen-bond acceptors (Lipinski definition) is 5. The monoisotopic (exact) mass is 459 g/mol. The van der Waals surface area contributed by atoms with Crippen molar-refractivity contribution in [2.45, 2.75) is 6.92 Å². The zero-order chi connectivity index (χ0) is 24.3. The number of anilines is 2. The Balaban J connectivity index is 1.56. The van der Waals surface area contributed by atoms with Gasteiger partial charge in [-0.1, -0.05) is 24.3 Å². The number of nitrogens with one attached hydrogen (secondary N) is 2. The van der Waals surface area contributed by atoms with Crippen molar-refractivity contribution in [1.29, 1.82) is 5.26 Å². The Hall–Kier alpha value is -4.64. The van der Waals surface area contributed by atoms with E-state index in [4.69, 9.17) is 9.47 Å². The maximum atomic E-state index is 13.6. The summed E-state index contributed by atoms with van der Waals surface area (Å²) < 4.78 is 24.4. The summed E-state index contributed by atoms with van der Waals surface area (Å²) in [7, 11) is 0. The lowest BCUT2D eigenvalue weighted by Crippen LogP contribution is -2.20. The van der Waals surface area contributed by atoms with E-state index in [-0.39, 0.29) is 17.9 Å². The molecule has 0 atom stereocenters. The normalized spacial score (nSPS) is 10.7. The van der Waals surface area contributed by atoms with Crippen molar-refractivity contribution in [3.63, 3.8) is 0 Å². The summed E-state index contributed by atoms with van der Waals surface area (Å²) in [5, 5.41) is 14.5. The van der Waals surface area contributed by atoms with Crippen LogP contribution in [0.3, 0.4) is 0 Å². The molecule has 0 aromatic heterocycles. The number of amides is 2. The van der Waals surface area contributed by atoms with Gasteiger partial charge in [0, 0.05) is 5.69 Å². The molecule has 0 spiro atoms. The van der Waals surface area contributed by atoms with Crippen LogP contribution < -0.4 is 20.1 Å². The summed E-state index contributed by atoms with van der Waals surface area (Å²) in [6.07, 6.45) is 1.44. The van der Waals surface area contributed by atoms with Crippen LogP contribution in [0, 0.1) is 17.1 Å². The topological polar surface area (TPSA) is 100 Å². The van der Waals surface area contributed by atoms with Crippen molar-refractivity contribution in [2.75, 3.05) is 23.8 Å². The highest BCUT2D eigenvalue weighted by atomic mass is 19.1. The molecule has 34 heavy (non-hydrogen) atoms. The first-order valence-electron chi connectivity index (χ1n) is 10.4. The Morgan fingerprint density at radius 3 is 2.24 bits per heavy atom. The van der Waals surface area contributed by atoms with Crippen molar-refractivity contribution < 1.29 is 23.5 Å². The quantitative estimate of drug-likeness (QED) is 0.354. The van der Waals surface area contributed by atoms with Crippen LogP contribution in [0.15, 0.2) is 78.4 Å². The molecule has 0 radical (unpaired) electrons. The zero-order valence-electron chi connectivity index (χ0n) is 18.4. The Morgan fingerprint density at radius 2 is 1.59 bits per heavy atom. The van der Waals surface area contributed by atoms with E-state index in [0.717, 1.165) is 0 Å². The van der Waals surface area contributed by atoms with E-state index < -0.39 is 17.6 Å². The molecule has 7 nitrogen and oxygen atoms in total. The number of benzene rings is 3. The fraction of sp³-hybridized carbons (Fsp3) is 0.115. The molecule has 3 rings (SSSR count). The third kappa shape index (κ3) is 6.93. The van der Waals surface area contributed by atoms with Crippen molar-refractivity contribution in [1.82, 2.24) is 0 Å². The van der Waals surface area contributed by atoms with Gasteiger partial charge < -0.3 is 20.1 Å². The van der Waals surface area contributed by atoms with Gasteiger partial charge in [-0.2, -0.15) is 5.26 Å². The number of para-hydroxylation sites is 1. The first kappa shape index (κ1) is 24.0. The highest BCUT2D eigenvalue weighted by Crippen LogP contribution is 2.18. The molecule has 0 fully saturated rings. The lowest BCUT2D eigenvalue weighted by atomic mass is 10.1. The predicted octanol–water partition coefficient (Wildman–Crippen LogP) is 4.79. The lowest BCUT2D eigenvalue weighted by Gasteiger charge is -2.08. The SMILES string of the molecule is CCOc1ccc(NC(=O)/C(C#N)=C/c2ccc(OCC(=O)Nc3ccccc3F)cc2)cc1. The van der Waals surface area contributed by atoms with E-state index in [0.29, 0.717) is 29.4 Å².